The summed E-state index contributed by atoms with van der Waals surface area (Å²) >= 11 is 0. The number of carbonyl (C=O) groups excluding carboxylic acids is 1. The van der Waals surface area contributed by atoms with Gasteiger partial charge in [-0.05, 0) is 0 Å². The fraction of sp³-hybridized carbons (Fsp3) is 0.800. The third-order valence-electron chi connectivity index (χ3n) is 2.52. The number of carbonyl (C=O) groups is 1. The monoisotopic (exact) mass is 421 g/mol. The van der Waals surface area contributed by atoms with Crippen LogP contribution in [0, 0.1) is 0 Å². The molecule has 0 bridgehead atoms. The van der Waals surface area contributed by atoms with Gasteiger partial charge in [0.1, 0.15) is 0 Å². The minimum Gasteiger partial charge on any atom is -0.323 e. The molecule has 0 aromatic carbocycles. The highest BCUT2D eigenvalue weighted by Gasteiger charge is 2.68. The van der Waals surface area contributed by atoms with Crippen molar-refractivity contribution in [2.45, 2.75) is 23.9 Å². The average Bonchev–Trinajstić information content (AvgIpc) is 2.21. The predicted octanol–water partition coefficient (Wildman–Crippen LogP) is -1.80. The molecule has 18 heteroatoms. The third kappa shape index (κ3) is 4.87. The van der Waals surface area contributed by atoms with Gasteiger partial charge in [-0.1, -0.05) is 6.92 Å². The normalized spacial score (nSPS) is 15.0. The van der Waals surface area contributed by atoms with E-state index in [1.807, 2.05) is 0 Å². The molecule has 14 nitrogen and oxygen atoms in total. The average molecular weight is 421 g/mol. The summed E-state index contributed by atoms with van der Waals surface area (Å²) in [6.07, 6.45) is -0.932. The number of ketones is 1. The van der Waals surface area contributed by atoms with Crippen LogP contribution in [0.4, 0.5) is 0 Å². The van der Waals surface area contributed by atoms with Gasteiger partial charge in [0.2, 0.25) is 5.52 Å². The molecule has 0 aliphatic rings. The van der Waals surface area contributed by atoms with E-state index < -0.39 is 53.1 Å². The fourth-order valence-electron chi connectivity index (χ4n) is 1.53. The number of hydrogen-bond acceptors (Lipinski definition) is 6. The zero-order valence-corrected chi connectivity index (χ0v) is 14.8. The van der Waals surface area contributed by atoms with E-state index in [1.165, 1.54) is 0 Å². The summed E-state index contributed by atoms with van der Waals surface area (Å²) in [5, 5.41) is -3.34. The van der Waals surface area contributed by atoms with E-state index >= 15 is 0 Å². The molecule has 0 aromatic rings. The molecule has 0 fully saturated rings. The summed E-state index contributed by atoms with van der Waals surface area (Å²) in [4.78, 5) is 84.1. The maximum Gasteiger partial charge on any atom is 0.365 e. The molecule has 0 rings (SSSR count). The molecule has 0 radical (unpaired) electrons. The van der Waals surface area contributed by atoms with Crippen LogP contribution in [0.1, 0.15) is 13.3 Å². The lowest BCUT2D eigenvalue weighted by Gasteiger charge is -2.36. The quantitative estimate of drug-likeness (QED) is 0.196. The number of rotatable bonds is 8. The Balaban J connectivity index is 6.69. The van der Waals surface area contributed by atoms with Gasteiger partial charge >= 0.3 is 30.4 Å². The molecular formula is C5H15NO13P4. The second-order valence-corrected chi connectivity index (χ2v) is 11.9. The molecule has 0 spiro atoms. The molecule has 23 heavy (non-hydrogen) atoms. The largest absolute Gasteiger partial charge is 0.365 e. The van der Waals surface area contributed by atoms with Gasteiger partial charge in [0.25, 0.3) is 5.02 Å². The maximum absolute atomic E-state index is 11.8. The molecule has 9 N–H and O–H groups in total. The van der Waals surface area contributed by atoms with Crippen LogP contribution in [0.25, 0.3) is 0 Å². The SMILES string of the molecule is CCC(=O)C(NC(P(=O)(O)O)P(=O)(O)O)(P(=O)(O)O)P(=O)(O)O. The molecule has 0 atom stereocenters. The van der Waals surface area contributed by atoms with Crippen molar-refractivity contribution in [3.8, 4) is 0 Å². The van der Waals surface area contributed by atoms with Gasteiger partial charge in [-0.3, -0.25) is 28.4 Å². The van der Waals surface area contributed by atoms with Crippen molar-refractivity contribution in [1.82, 2.24) is 5.32 Å². The van der Waals surface area contributed by atoms with Crippen LogP contribution in [0.15, 0.2) is 0 Å². The van der Waals surface area contributed by atoms with E-state index in [4.69, 9.17) is 19.6 Å². The Morgan fingerprint density at radius 1 is 0.870 bits per heavy atom. The molecule has 0 aliphatic heterocycles. The van der Waals surface area contributed by atoms with E-state index in [0.717, 1.165) is 12.2 Å². The maximum atomic E-state index is 11.8. The Morgan fingerprint density at radius 2 is 1.17 bits per heavy atom. The molecule has 0 saturated heterocycles. The van der Waals surface area contributed by atoms with Crippen LogP contribution in [0.5, 0.6) is 0 Å². The van der Waals surface area contributed by atoms with Gasteiger partial charge in [0.15, 0.2) is 5.78 Å². The van der Waals surface area contributed by atoms with E-state index in [9.17, 15) is 42.6 Å². The van der Waals surface area contributed by atoms with Gasteiger partial charge < -0.3 is 39.1 Å². The minimum absolute atomic E-state index is 0.876. The van der Waals surface area contributed by atoms with E-state index in [2.05, 4.69) is 0 Å². The number of hydrogen-bond donors (Lipinski definition) is 9. The topological polar surface area (TPSA) is 259 Å². The molecule has 0 aromatic heterocycles. The van der Waals surface area contributed by atoms with E-state index in [1.54, 1.807) is 0 Å². The molecular weight excluding hydrogens is 406 g/mol. The van der Waals surface area contributed by atoms with Gasteiger partial charge in [0, 0.05) is 6.42 Å². The highest BCUT2D eigenvalue weighted by Crippen LogP contribution is 2.71. The summed E-state index contributed by atoms with van der Waals surface area (Å²) in [6.45, 7) is 0.911. The smallest absolute Gasteiger partial charge is 0.323 e. The summed E-state index contributed by atoms with van der Waals surface area (Å²) in [5.74, 6) is -1.90. The van der Waals surface area contributed by atoms with Crippen molar-refractivity contribution in [1.29, 1.82) is 0 Å². The van der Waals surface area contributed by atoms with Gasteiger partial charge in [0.05, 0.1) is 0 Å². The Kier molecular flexibility index (Phi) is 6.92. The molecule has 0 saturated carbocycles. The lowest BCUT2D eigenvalue weighted by Crippen LogP contribution is -2.54. The number of Topliss-reactive ketones (excluding diaryl/α,β-unsaturated/α-hetero) is 1. The van der Waals surface area contributed by atoms with Crippen LogP contribution in [0.2, 0.25) is 0 Å². The molecule has 0 heterocycles. The zero-order valence-electron chi connectivity index (χ0n) is 11.2. The predicted molar refractivity (Wildman–Crippen MR) is 73.1 cm³/mol. The van der Waals surface area contributed by atoms with Crippen molar-refractivity contribution < 1.29 is 62.2 Å². The van der Waals surface area contributed by atoms with Crippen molar-refractivity contribution >= 4 is 36.2 Å². The lowest BCUT2D eigenvalue weighted by molar-refractivity contribution is -0.120. The molecule has 0 aliphatic carbocycles. The van der Waals surface area contributed by atoms with Crippen LogP contribution < -0.4 is 5.32 Å². The standard InChI is InChI=1S/C5H15NO13P4/c1-2-3(7)5(22(14,15)16,23(17,18)19)6-4(20(8,9)10)21(11,12)13/h4,6H,2H2,1H3,(H2,8,9,10)(H2,11,12,13)(H2,14,15,16)(H2,17,18,19). The molecule has 0 unspecified atom stereocenters. The van der Waals surface area contributed by atoms with Crippen molar-refractivity contribution in [3.05, 3.63) is 0 Å². The van der Waals surface area contributed by atoms with Crippen LogP contribution >= 0.6 is 30.4 Å². The molecule has 138 valence electrons. The van der Waals surface area contributed by atoms with Crippen LogP contribution in [-0.4, -0.2) is 55.5 Å². The zero-order chi connectivity index (χ0) is 19.1. The first-order valence-electron chi connectivity index (χ1n) is 5.35. The minimum atomic E-state index is -6.20. The Labute approximate surface area is 128 Å². The Morgan fingerprint density at radius 3 is 1.35 bits per heavy atom. The van der Waals surface area contributed by atoms with Crippen molar-refractivity contribution in [2.75, 3.05) is 0 Å². The first-order chi connectivity index (χ1) is 9.82. The first-order valence-corrected chi connectivity index (χ1v) is 11.9. The van der Waals surface area contributed by atoms with Gasteiger partial charge in [-0.2, -0.15) is 0 Å². The van der Waals surface area contributed by atoms with Gasteiger partial charge in [-0.15, -0.1) is 0 Å². The van der Waals surface area contributed by atoms with E-state index in [-0.39, 0.29) is 0 Å². The highest BCUT2D eigenvalue weighted by atomic mass is 31.2. The Bertz CT molecular complexity index is 603. The van der Waals surface area contributed by atoms with Gasteiger partial charge in [-0.25, -0.2) is 0 Å². The Hall–Kier alpha value is 0.230. The summed E-state index contributed by atoms with van der Waals surface area (Å²) in [5.41, 5.74) is -3.43. The highest BCUT2D eigenvalue weighted by molar-refractivity contribution is 7.75. The first kappa shape index (κ1) is 23.2. The summed E-state index contributed by atoms with van der Waals surface area (Å²) in [6, 6.07) is 0. The van der Waals surface area contributed by atoms with Crippen LogP contribution in [-0.2, 0) is 23.1 Å². The van der Waals surface area contributed by atoms with Crippen molar-refractivity contribution in [3.63, 3.8) is 0 Å². The fourth-order valence-corrected chi connectivity index (χ4v) is 7.15. The lowest BCUT2D eigenvalue weighted by atomic mass is 10.3. The summed E-state index contributed by atoms with van der Waals surface area (Å²) in [7, 11) is -24.2. The second kappa shape index (κ2) is 6.86. The summed E-state index contributed by atoms with van der Waals surface area (Å²) < 4.78 is 45.3. The molecule has 0 amide bonds. The van der Waals surface area contributed by atoms with E-state index in [0.29, 0.717) is 0 Å². The number of nitrogens with one attached hydrogen (secondary N) is 1. The second-order valence-electron chi connectivity index (χ2n) is 4.23. The van der Waals surface area contributed by atoms with Crippen molar-refractivity contribution in [2.24, 2.45) is 0 Å². The van der Waals surface area contributed by atoms with Crippen LogP contribution in [0.3, 0.4) is 0 Å². The third-order valence-corrected chi connectivity index (χ3v) is 9.86.